The predicted octanol–water partition coefficient (Wildman–Crippen LogP) is 4.39. The van der Waals surface area contributed by atoms with E-state index >= 15 is 0 Å². The highest BCUT2D eigenvalue weighted by Gasteiger charge is 2.41. The van der Waals surface area contributed by atoms with Gasteiger partial charge in [0.2, 0.25) is 0 Å². The Balaban J connectivity index is 1.65. The van der Waals surface area contributed by atoms with Gasteiger partial charge >= 0.3 is 5.97 Å². The lowest BCUT2D eigenvalue weighted by atomic mass is 9.96. The Hall–Kier alpha value is -0.730. The lowest BCUT2D eigenvalue weighted by molar-refractivity contribution is -0.148. The van der Waals surface area contributed by atoms with Crippen molar-refractivity contribution in [3.05, 3.63) is 0 Å². The summed E-state index contributed by atoms with van der Waals surface area (Å²) in [6.45, 7) is 6.09. The van der Waals surface area contributed by atoms with Crippen LogP contribution in [0.2, 0.25) is 0 Å². The van der Waals surface area contributed by atoms with Gasteiger partial charge in [0.15, 0.2) is 5.79 Å². The Kier molecular flexibility index (Phi) is 12.6. The molecule has 0 aliphatic carbocycles. The summed E-state index contributed by atoms with van der Waals surface area (Å²) in [5, 5.41) is 30.9. The molecule has 194 valence electrons. The van der Waals surface area contributed by atoms with Crippen molar-refractivity contribution < 1.29 is 34.3 Å². The molecule has 2 aliphatic rings. The Morgan fingerprint density at radius 1 is 0.848 bits per heavy atom. The van der Waals surface area contributed by atoms with Crippen molar-refractivity contribution in [2.24, 2.45) is 0 Å². The predicted molar refractivity (Wildman–Crippen MR) is 127 cm³/mol. The lowest BCUT2D eigenvalue weighted by Crippen LogP contribution is -2.32. The van der Waals surface area contributed by atoms with E-state index in [4.69, 9.17) is 14.2 Å². The Bertz CT molecular complexity index is 553. The van der Waals surface area contributed by atoms with E-state index in [9.17, 15) is 20.1 Å². The van der Waals surface area contributed by atoms with Gasteiger partial charge in [0.1, 0.15) is 6.10 Å². The van der Waals surface area contributed by atoms with Gasteiger partial charge in [0, 0.05) is 6.42 Å². The third-order valence-corrected chi connectivity index (χ3v) is 6.92. The normalized spacial score (nSPS) is 27.5. The molecule has 2 saturated heterocycles. The first kappa shape index (κ1) is 28.5. The minimum absolute atomic E-state index is 0.0170. The fourth-order valence-corrected chi connectivity index (χ4v) is 4.94. The third kappa shape index (κ3) is 10.6. The average molecular weight is 473 g/mol. The lowest BCUT2D eigenvalue weighted by Gasteiger charge is -2.23. The van der Waals surface area contributed by atoms with Crippen LogP contribution in [0.1, 0.15) is 117 Å². The molecule has 2 fully saturated rings. The molecule has 33 heavy (non-hydrogen) atoms. The molecule has 0 aromatic heterocycles. The number of aliphatic hydroxyl groups is 3. The van der Waals surface area contributed by atoms with Crippen LogP contribution in [0, 0.1) is 0 Å². The summed E-state index contributed by atoms with van der Waals surface area (Å²) in [6, 6.07) is 0. The summed E-state index contributed by atoms with van der Waals surface area (Å²) < 4.78 is 17.3. The van der Waals surface area contributed by atoms with Crippen LogP contribution >= 0.6 is 0 Å². The first-order chi connectivity index (χ1) is 15.7. The second-order valence-corrected chi connectivity index (χ2v) is 10.4. The Labute approximate surface area is 200 Å². The molecule has 0 aromatic carbocycles. The number of carbonyl (C=O) groups is 1. The van der Waals surface area contributed by atoms with Gasteiger partial charge in [-0.25, -0.2) is 0 Å². The van der Waals surface area contributed by atoms with Gasteiger partial charge in [0.25, 0.3) is 0 Å². The summed E-state index contributed by atoms with van der Waals surface area (Å²) in [5.74, 6) is -0.912. The SMILES string of the molecule is CCCCCCCCCC[C@H]1OC(C)(C)O[C@@H]1CC[C@H](O)[C@H](O)CC[C@@H](O)[C@H]1CCC(=O)O1. The van der Waals surface area contributed by atoms with Crippen LogP contribution in [0.3, 0.4) is 0 Å². The van der Waals surface area contributed by atoms with Crippen LogP contribution in [0.4, 0.5) is 0 Å². The molecule has 6 atom stereocenters. The first-order valence-electron chi connectivity index (χ1n) is 13.3. The van der Waals surface area contributed by atoms with Gasteiger partial charge in [-0.05, 0) is 52.4 Å². The maximum Gasteiger partial charge on any atom is 0.306 e. The number of ether oxygens (including phenoxy) is 3. The van der Waals surface area contributed by atoms with Crippen molar-refractivity contribution in [1.29, 1.82) is 0 Å². The summed E-state index contributed by atoms with van der Waals surface area (Å²) in [4.78, 5) is 11.2. The van der Waals surface area contributed by atoms with E-state index in [0.29, 0.717) is 25.7 Å². The molecule has 0 saturated carbocycles. The molecule has 0 aromatic rings. The summed E-state index contributed by atoms with van der Waals surface area (Å²) in [5.41, 5.74) is 0. The number of esters is 1. The molecule has 2 rings (SSSR count). The molecule has 7 heteroatoms. The summed E-state index contributed by atoms with van der Waals surface area (Å²) >= 11 is 0. The van der Waals surface area contributed by atoms with Gasteiger partial charge in [-0.15, -0.1) is 0 Å². The summed E-state index contributed by atoms with van der Waals surface area (Å²) in [7, 11) is 0. The standard InChI is InChI=1S/C26H48O7/c1-4-5-6-7-8-9-10-11-12-23-24(33-26(2,3)32-23)16-15-20(28)19(27)13-14-21(29)22-17-18-25(30)31-22/h19-24,27-29H,4-18H2,1-3H3/t19-,20+,21-,22-,23-,24-/m1/s1. The second-order valence-electron chi connectivity index (χ2n) is 10.4. The van der Waals surface area contributed by atoms with E-state index in [1.807, 2.05) is 13.8 Å². The van der Waals surface area contributed by atoms with Crippen LogP contribution in [0.25, 0.3) is 0 Å². The zero-order valence-electron chi connectivity index (χ0n) is 21.0. The third-order valence-electron chi connectivity index (χ3n) is 6.92. The Morgan fingerprint density at radius 2 is 1.42 bits per heavy atom. The topological polar surface area (TPSA) is 105 Å². The maximum atomic E-state index is 11.2. The smallest absolute Gasteiger partial charge is 0.306 e. The largest absolute Gasteiger partial charge is 0.460 e. The van der Waals surface area contributed by atoms with Crippen molar-refractivity contribution in [3.63, 3.8) is 0 Å². The Morgan fingerprint density at radius 3 is 2.03 bits per heavy atom. The quantitative estimate of drug-likeness (QED) is 0.213. The van der Waals surface area contributed by atoms with Gasteiger partial charge in [-0.3, -0.25) is 4.79 Å². The van der Waals surface area contributed by atoms with E-state index in [2.05, 4.69) is 6.92 Å². The number of hydrogen-bond donors (Lipinski definition) is 3. The van der Waals surface area contributed by atoms with Crippen LogP contribution in [-0.2, 0) is 19.0 Å². The molecule has 0 amide bonds. The van der Waals surface area contributed by atoms with Gasteiger partial charge in [-0.1, -0.05) is 58.3 Å². The second kappa shape index (κ2) is 14.6. The van der Waals surface area contributed by atoms with E-state index in [-0.39, 0.29) is 31.0 Å². The minimum atomic E-state index is -0.932. The fourth-order valence-electron chi connectivity index (χ4n) is 4.94. The monoisotopic (exact) mass is 472 g/mol. The fraction of sp³-hybridized carbons (Fsp3) is 0.962. The van der Waals surface area contributed by atoms with E-state index in [1.165, 1.54) is 44.9 Å². The number of carbonyl (C=O) groups excluding carboxylic acids is 1. The number of hydrogen-bond acceptors (Lipinski definition) is 7. The zero-order valence-corrected chi connectivity index (χ0v) is 21.0. The van der Waals surface area contributed by atoms with Gasteiger partial charge in [-0.2, -0.15) is 0 Å². The zero-order chi connectivity index (χ0) is 24.3. The molecule has 0 radical (unpaired) electrons. The molecule has 0 unspecified atom stereocenters. The molecule has 7 nitrogen and oxygen atoms in total. The van der Waals surface area contributed by atoms with Crippen molar-refractivity contribution in [2.75, 3.05) is 0 Å². The summed E-state index contributed by atoms with van der Waals surface area (Å²) in [6.07, 6.45) is 10.3. The number of aliphatic hydroxyl groups excluding tert-OH is 3. The van der Waals surface area contributed by atoms with Crippen molar-refractivity contribution in [1.82, 2.24) is 0 Å². The molecule has 2 heterocycles. The van der Waals surface area contributed by atoms with Crippen LogP contribution in [0.15, 0.2) is 0 Å². The maximum absolute atomic E-state index is 11.2. The number of unbranched alkanes of at least 4 members (excludes halogenated alkanes) is 7. The highest BCUT2D eigenvalue weighted by atomic mass is 16.7. The van der Waals surface area contributed by atoms with E-state index in [1.54, 1.807) is 0 Å². The minimum Gasteiger partial charge on any atom is -0.460 e. The first-order valence-corrected chi connectivity index (χ1v) is 13.3. The van der Waals surface area contributed by atoms with Crippen molar-refractivity contribution in [3.8, 4) is 0 Å². The van der Waals surface area contributed by atoms with Crippen molar-refractivity contribution >= 4 is 5.97 Å². The van der Waals surface area contributed by atoms with E-state index < -0.39 is 30.2 Å². The van der Waals surface area contributed by atoms with Gasteiger partial charge < -0.3 is 29.5 Å². The van der Waals surface area contributed by atoms with Gasteiger partial charge in [0.05, 0.1) is 30.5 Å². The highest BCUT2D eigenvalue weighted by molar-refractivity contribution is 5.71. The van der Waals surface area contributed by atoms with E-state index in [0.717, 1.165) is 12.8 Å². The van der Waals surface area contributed by atoms with Crippen molar-refractivity contribution in [2.45, 2.75) is 159 Å². The van der Waals surface area contributed by atoms with Crippen LogP contribution < -0.4 is 0 Å². The molecular weight excluding hydrogens is 424 g/mol. The van der Waals surface area contributed by atoms with Crippen LogP contribution in [0.5, 0.6) is 0 Å². The van der Waals surface area contributed by atoms with Crippen LogP contribution in [-0.4, -0.2) is 63.7 Å². The molecule has 3 N–H and O–H groups in total. The highest BCUT2D eigenvalue weighted by Crippen LogP contribution is 2.34. The molecule has 2 aliphatic heterocycles. The molecule has 0 spiro atoms. The number of rotatable bonds is 17. The number of cyclic esters (lactones) is 1. The molecule has 0 bridgehead atoms. The average Bonchev–Trinajstić information content (AvgIpc) is 3.33. The molecular formula is C26H48O7.